The standard InChI is InChI=1S/C18H18ClN3O4/c19-15-4-2-1-3-14(15)17(24)20-11-16(23)21-6-8-22(9-7-21)18(25)13-5-10-26-12-13/h1-5,10,12H,6-9,11H2,(H,20,24). The van der Waals surface area contributed by atoms with Crippen molar-refractivity contribution < 1.29 is 18.8 Å². The molecule has 0 atom stereocenters. The molecule has 0 radical (unpaired) electrons. The van der Waals surface area contributed by atoms with Gasteiger partial charge in [0.25, 0.3) is 11.8 Å². The van der Waals surface area contributed by atoms with Gasteiger partial charge in [0, 0.05) is 26.2 Å². The molecule has 0 spiro atoms. The van der Waals surface area contributed by atoms with Gasteiger partial charge in [0.1, 0.15) is 6.26 Å². The van der Waals surface area contributed by atoms with E-state index in [0.717, 1.165) is 0 Å². The molecule has 0 saturated carbocycles. The van der Waals surface area contributed by atoms with Gasteiger partial charge in [-0.25, -0.2) is 0 Å². The predicted molar refractivity (Wildman–Crippen MR) is 95.0 cm³/mol. The van der Waals surface area contributed by atoms with Crippen LogP contribution in [0.5, 0.6) is 0 Å². The van der Waals surface area contributed by atoms with Gasteiger partial charge in [0.15, 0.2) is 0 Å². The average molecular weight is 376 g/mol. The Morgan fingerprint density at radius 3 is 2.38 bits per heavy atom. The molecule has 1 aliphatic heterocycles. The summed E-state index contributed by atoms with van der Waals surface area (Å²) < 4.78 is 4.92. The van der Waals surface area contributed by atoms with Gasteiger partial charge in [-0.05, 0) is 18.2 Å². The molecule has 0 unspecified atom stereocenters. The molecule has 1 fully saturated rings. The fourth-order valence-corrected chi connectivity index (χ4v) is 2.96. The van der Waals surface area contributed by atoms with E-state index in [2.05, 4.69) is 5.32 Å². The van der Waals surface area contributed by atoms with Crippen LogP contribution in [0.15, 0.2) is 47.3 Å². The lowest BCUT2D eigenvalue weighted by Crippen LogP contribution is -2.52. The van der Waals surface area contributed by atoms with E-state index in [1.807, 2.05) is 0 Å². The van der Waals surface area contributed by atoms with Crippen LogP contribution < -0.4 is 5.32 Å². The first kappa shape index (κ1) is 18.0. The van der Waals surface area contributed by atoms with E-state index in [-0.39, 0.29) is 18.4 Å². The quantitative estimate of drug-likeness (QED) is 0.880. The molecule has 3 rings (SSSR count). The number of halogens is 1. The average Bonchev–Trinajstić information content (AvgIpc) is 3.20. The van der Waals surface area contributed by atoms with Crippen LogP contribution in [0.4, 0.5) is 0 Å². The Morgan fingerprint density at radius 2 is 1.73 bits per heavy atom. The monoisotopic (exact) mass is 375 g/mol. The van der Waals surface area contributed by atoms with E-state index in [1.54, 1.807) is 40.1 Å². The normalized spacial score (nSPS) is 14.2. The maximum absolute atomic E-state index is 12.3. The lowest BCUT2D eigenvalue weighted by Gasteiger charge is -2.34. The van der Waals surface area contributed by atoms with E-state index in [1.165, 1.54) is 12.5 Å². The van der Waals surface area contributed by atoms with Crippen LogP contribution >= 0.6 is 11.6 Å². The molecule has 26 heavy (non-hydrogen) atoms. The summed E-state index contributed by atoms with van der Waals surface area (Å²) in [6, 6.07) is 8.27. The van der Waals surface area contributed by atoms with E-state index in [0.29, 0.717) is 42.3 Å². The Morgan fingerprint density at radius 1 is 1.04 bits per heavy atom. The Labute approximate surface area is 155 Å². The van der Waals surface area contributed by atoms with Gasteiger partial charge in [0.2, 0.25) is 5.91 Å². The second-order valence-electron chi connectivity index (χ2n) is 5.85. The minimum atomic E-state index is -0.391. The third-order valence-corrected chi connectivity index (χ3v) is 4.54. The zero-order valence-corrected chi connectivity index (χ0v) is 14.7. The van der Waals surface area contributed by atoms with Crippen molar-refractivity contribution in [3.63, 3.8) is 0 Å². The molecule has 1 N–H and O–H groups in total. The number of nitrogens with one attached hydrogen (secondary N) is 1. The zero-order chi connectivity index (χ0) is 18.5. The van der Waals surface area contributed by atoms with Gasteiger partial charge < -0.3 is 19.5 Å². The van der Waals surface area contributed by atoms with Crippen LogP contribution in [0, 0.1) is 0 Å². The minimum Gasteiger partial charge on any atom is -0.472 e. The highest BCUT2D eigenvalue weighted by Gasteiger charge is 2.25. The van der Waals surface area contributed by atoms with Crippen molar-refractivity contribution in [1.82, 2.24) is 15.1 Å². The summed E-state index contributed by atoms with van der Waals surface area (Å²) >= 11 is 5.97. The third kappa shape index (κ3) is 4.05. The van der Waals surface area contributed by atoms with Crippen LogP contribution in [-0.2, 0) is 4.79 Å². The van der Waals surface area contributed by atoms with Crippen molar-refractivity contribution in [3.05, 3.63) is 59.0 Å². The topological polar surface area (TPSA) is 82.9 Å². The van der Waals surface area contributed by atoms with E-state index in [4.69, 9.17) is 16.0 Å². The summed E-state index contributed by atoms with van der Waals surface area (Å²) in [6.07, 6.45) is 2.86. The number of benzene rings is 1. The van der Waals surface area contributed by atoms with E-state index >= 15 is 0 Å². The van der Waals surface area contributed by atoms with Crippen LogP contribution in [0.2, 0.25) is 5.02 Å². The molecular weight excluding hydrogens is 358 g/mol. The second-order valence-corrected chi connectivity index (χ2v) is 6.25. The summed E-state index contributed by atoms with van der Waals surface area (Å²) in [7, 11) is 0. The molecular formula is C18H18ClN3O4. The maximum Gasteiger partial charge on any atom is 0.257 e. The van der Waals surface area contributed by atoms with Gasteiger partial charge in [-0.2, -0.15) is 0 Å². The molecule has 3 amide bonds. The van der Waals surface area contributed by atoms with Gasteiger partial charge in [-0.15, -0.1) is 0 Å². The van der Waals surface area contributed by atoms with Crippen molar-refractivity contribution in [2.75, 3.05) is 32.7 Å². The molecule has 1 aliphatic rings. The summed E-state index contributed by atoms with van der Waals surface area (Å²) in [4.78, 5) is 39.9. The van der Waals surface area contributed by atoms with Gasteiger partial charge in [0.05, 0.1) is 29.0 Å². The number of nitrogens with zero attached hydrogens (tertiary/aromatic N) is 2. The number of amides is 3. The first-order chi connectivity index (χ1) is 12.6. The number of furan rings is 1. The molecule has 8 heteroatoms. The fraction of sp³-hybridized carbons (Fsp3) is 0.278. The second kappa shape index (κ2) is 8.05. The molecule has 2 heterocycles. The first-order valence-electron chi connectivity index (χ1n) is 8.18. The van der Waals surface area contributed by atoms with Crippen molar-refractivity contribution in [3.8, 4) is 0 Å². The molecule has 1 aromatic heterocycles. The predicted octanol–water partition coefficient (Wildman–Crippen LogP) is 1.65. The Kier molecular flexibility index (Phi) is 5.58. The van der Waals surface area contributed by atoms with Gasteiger partial charge in [-0.1, -0.05) is 23.7 Å². The third-order valence-electron chi connectivity index (χ3n) is 4.21. The lowest BCUT2D eigenvalue weighted by molar-refractivity contribution is -0.131. The first-order valence-corrected chi connectivity index (χ1v) is 8.56. The van der Waals surface area contributed by atoms with Crippen LogP contribution in [0.1, 0.15) is 20.7 Å². The number of hydrogen-bond donors (Lipinski definition) is 1. The Hall–Kier alpha value is -2.80. The van der Waals surface area contributed by atoms with Crippen molar-refractivity contribution >= 4 is 29.3 Å². The highest BCUT2D eigenvalue weighted by molar-refractivity contribution is 6.33. The summed E-state index contributed by atoms with van der Waals surface area (Å²) in [5.41, 5.74) is 0.828. The minimum absolute atomic E-state index is 0.111. The summed E-state index contributed by atoms with van der Waals surface area (Å²) in [5, 5.41) is 2.92. The zero-order valence-electron chi connectivity index (χ0n) is 14.0. The highest BCUT2D eigenvalue weighted by atomic mass is 35.5. The van der Waals surface area contributed by atoms with E-state index < -0.39 is 5.91 Å². The van der Waals surface area contributed by atoms with Crippen molar-refractivity contribution in [2.24, 2.45) is 0 Å². The fourth-order valence-electron chi connectivity index (χ4n) is 2.74. The molecule has 136 valence electrons. The van der Waals surface area contributed by atoms with Gasteiger partial charge >= 0.3 is 0 Å². The molecule has 7 nitrogen and oxygen atoms in total. The highest BCUT2D eigenvalue weighted by Crippen LogP contribution is 2.14. The number of piperazine rings is 1. The number of carbonyl (C=O) groups excluding carboxylic acids is 3. The molecule has 0 aliphatic carbocycles. The van der Waals surface area contributed by atoms with Crippen molar-refractivity contribution in [1.29, 1.82) is 0 Å². The smallest absolute Gasteiger partial charge is 0.257 e. The largest absolute Gasteiger partial charge is 0.472 e. The SMILES string of the molecule is O=C(NCC(=O)N1CCN(C(=O)c2ccoc2)CC1)c1ccccc1Cl. The van der Waals surface area contributed by atoms with Gasteiger partial charge in [-0.3, -0.25) is 14.4 Å². The number of hydrogen-bond acceptors (Lipinski definition) is 4. The summed E-state index contributed by atoms with van der Waals surface area (Å²) in [6.45, 7) is 1.61. The van der Waals surface area contributed by atoms with Crippen LogP contribution in [0.3, 0.4) is 0 Å². The van der Waals surface area contributed by atoms with E-state index in [9.17, 15) is 14.4 Å². The van der Waals surface area contributed by atoms with Crippen molar-refractivity contribution in [2.45, 2.75) is 0 Å². The molecule has 0 bridgehead atoms. The molecule has 1 saturated heterocycles. The Bertz CT molecular complexity index is 799. The number of rotatable bonds is 4. The van der Waals surface area contributed by atoms with Crippen LogP contribution in [-0.4, -0.2) is 60.2 Å². The van der Waals surface area contributed by atoms with Crippen LogP contribution in [0.25, 0.3) is 0 Å². The Balaban J connectivity index is 1.47. The molecule has 1 aromatic carbocycles. The lowest BCUT2D eigenvalue weighted by atomic mass is 10.2. The maximum atomic E-state index is 12.3. The molecule has 2 aromatic rings. The summed E-state index contributed by atoms with van der Waals surface area (Å²) in [5.74, 6) is -0.698. The number of carbonyl (C=O) groups is 3.